The maximum atomic E-state index is 12.6. The number of aryl methyl sites for hydroxylation is 1. The van der Waals surface area contributed by atoms with Crippen LogP contribution in [-0.2, 0) is 25.2 Å². The van der Waals surface area contributed by atoms with E-state index in [1.54, 1.807) is 0 Å². The van der Waals surface area contributed by atoms with Gasteiger partial charge in [-0.1, -0.05) is 89.3 Å². The highest BCUT2D eigenvalue weighted by atomic mass is 28.4. The molecule has 42 heavy (non-hydrogen) atoms. The zero-order chi connectivity index (χ0) is 31.2. The molecule has 0 heterocycles. The van der Waals surface area contributed by atoms with Crippen LogP contribution in [0.15, 0.2) is 54.6 Å². The van der Waals surface area contributed by atoms with Gasteiger partial charge in [0.2, 0.25) is 5.91 Å². The minimum absolute atomic E-state index is 0.0134. The van der Waals surface area contributed by atoms with E-state index in [0.29, 0.717) is 31.2 Å². The lowest BCUT2D eigenvalue weighted by Gasteiger charge is -2.39. The maximum Gasteiger partial charge on any atom is 0.306 e. The molecular formula is C36H59NO4Si. The van der Waals surface area contributed by atoms with Crippen LogP contribution in [0, 0.1) is 17.8 Å². The summed E-state index contributed by atoms with van der Waals surface area (Å²) in [6.45, 7) is 18.5. The highest BCUT2D eigenvalue weighted by molar-refractivity contribution is 6.74. The number of nitrogens with one attached hydrogen (secondary N) is 1. The predicted octanol–water partition coefficient (Wildman–Crippen LogP) is 8.80. The number of amides is 1. The second-order valence-corrected chi connectivity index (χ2v) is 18.4. The molecule has 5 atom stereocenters. The Kier molecular flexibility index (Phi) is 15.3. The highest BCUT2D eigenvalue weighted by Gasteiger charge is 2.42. The van der Waals surface area contributed by atoms with Gasteiger partial charge in [-0.3, -0.25) is 9.59 Å². The van der Waals surface area contributed by atoms with Crippen molar-refractivity contribution >= 4 is 20.2 Å². The van der Waals surface area contributed by atoms with E-state index in [1.165, 1.54) is 5.56 Å². The third-order valence-corrected chi connectivity index (χ3v) is 13.6. The first kappa shape index (κ1) is 36.0. The van der Waals surface area contributed by atoms with Gasteiger partial charge < -0.3 is 14.5 Å². The highest BCUT2D eigenvalue weighted by Crippen LogP contribution is 2.43. The van der Waals surface area contributed by atoms with Crippen molar-refractivity contribution in [3.8, 4) is 0 Å². The van der Waals surface area contributed by atoms with Crippen molar-refractivity contribution in [2.24, 2.45) is 17.8 Å². The van der Waals surface area contributed by atoms with Crippen LogP contribution < -0.4 is 5.32 Å². The second-order valence-electron chi connectivity index (χ2n) is 13.6. The van der Waals surface area contributed by atoms with Crippen molar-refractivity contribution in [3.63, 3.8) is 0 Å². The van der Waals surface area contributed by atoms with Crippen LogP contribution in [0.3, 0.4) is 0 Å². The molecular weight excluding hydrogens is 538 g/mol. The molecule has 1 saturated carbocycles. The molecule has 0 aromatic heterocycles. The van der Waals surface area contributed by atoms with Gasteiger partial charge in [0.1, 0.15) is 6.10 Å². The van der Waals surface area contributed by atoms with Crippen molar-refractivity contribution in [1.82, 2.24) is 5.32 Å². The van der Waals surface area contributed by atoms with Crippen LogP contribution in [-0.4, -0.2) is 38.9 Å². The van der Waals surface area contributed by atoms with Gasteiger partial charge in [0.15, 0.2) is 8.32 Å². The fourth-order valence-electron chi connectivity index (χ4n) is 5.56. The fraction of sp³-hybridized carbons (Fsp3) is 0.667. The van der Waals surface area contributed by atoms with Gasteiger partial charge in [0.25, 0.3) is 0 Å². The van der Waals surface area contributed by atoms with Gasteiger partial charge in [-0.15, -0.1) is 0 Å². The topological polar surface area (TPSA) is 64.6 Å². The van der Waals surface area contributed by atoms with Crippen LogP contribution in [0.4, 0.5) is 0 Å². The number of ether oxygens (including phenoxy) is 1. The number of esters is 1. The molecule has 1 aliphatic carbocycles. The molecule has 5 nitrogen and oxygen atoms in total. The van der Waals surface area contributed by atoms with E-state index in [-0.39, 0.29) is 35.0 Å². The molecule has 2 rings (SSSR count). The van der Waals surface area contributed by atoms with Gasteiger partial charge in [0.05, 0.1) is 6.10 Å². The summed E-state index contributed by atoms with van der Waals surface area (Å²) in [6, 6.07) is 10.6. The first-order valence-corrected chi connectivity index (χ1v) is 19.3. The standard InChI is InChI=1S/C36H59NO4Si/c1-9-18-35(39)40-33-27-28(3)31(21-16-11-12-17-22-34(38)37-10-2)32(33)26-25-30(41-42(7,8)36(4,5)6)24-23-29-19-14-13-15-20-29/h11,13-16,19-20,25-26,28,30-33H,9-10,12,17-18,21-24,27H2,1-8H3,(H,37,38). The number of carbonyl (C=O) groups excluding carboxylic acids is 2. The summed E-state index contributed by atoms with van der Waals surface area (Å²) in [6.07, 6.45) is 16.3. The summed E-state index contributed by atoms with van der Waals surface area (Å²) in [5.74, 6) is 1.03. The predicted molar refractivity (Wildman–Crippen MR) is 178 cm³/mol. The van der Waals surface area contributed by atoms with Crippen molar-refractivity contribution in [2.45, 2.75) is 130 Å². The molecule has 6 heteroatoms. The van der Waals surface area contributed by atoms with Crippen molar-refractivity contribution in [3.05, 3.63) is 60.2 Å². The van der Waals surface area contributed by atoms with Gasteiger partial charge in [-0.05, 0) is 87.4 Å². The molecule has 0 radical (unpaired) electrons. The lowest BCUT2D eigenvalue weighted by Crippen LogP contribution is -2.43. The van der Waals surface area contributed by atoms with E-state index in [4.69, 9.17) is 9.16 Å². The van der Waals surface area contributed by atoms with E-state index in [2.05, 4.69) is 101 Å². The minimum atomic E-state index is -1.99. The Hall–Kier alpha value is -2.18. The summed E-state index contributed by atoms with van der Waals surface area (Å²) < 4.78 is 13.0. The molecule has 0 aliphatic heterocycles. The Balaban J connectivity index is 2.22. The molecule has 1 aromatic rings. The molecule has 0 spiro atoms. The zero-order valence-electron chi connectivity index (χ0n) is 27.8. The van der Waals surface area contributed by atoms with E-state index in [0.717, 1.165) is 44.9 Å². The van der Waals surface area contributed by atoms with Crippen LogP contribution in [0.2, 0.25) is 18.1 Å². The molecule has 1 aromatic carbocycles. The molecule has 0 bridgehead atoms. The van der Waals surface area contributed by atoms with Crippen LogP contribution in [0.25, 0.3) is 0 Å². The first-order valence-electron chi connectivity index (χ1n) is 16.4. The van der Waals surface area contributed by atoms with Gasteiger partial charge in [0, 0.05) is 25.3 Å². The maximum absolute atomic E-state index is 12.6. The number of rotatable bonds is 17. The third-order valence-electron chi connectivity index (χ3n) is 9.08. The van der Waals surface area contributed by atoms with Crippen LogP contribution in [0.5, 0.6) is 0 Å². The average Bonchev–Trinajstić information content (AvgIpc) is 3.20. The molecule has 236 valence electrons. The summed E-state index contributed by atoms with van der Waals surface area (Å²) in [4.78, 5) is 24.3. The minimum Gasteiger partial charge on any atom is -0.462 e. The Morgan fingerprint density at radius 3 is 2.45 bits per heavy atom. The van der Waals surface area contributed by atoms with Crippen molar-refractivity contribution < 1.29 is 18.8 Å². The zero-order valence-corrected chi connectivity index (χ0v) is 28.8. The normalized spacial score (nSPS) is 22.1. The summed E-state index contributed by atoms with van der Waals surface area (Å²) >= 11 is 0. The Bertz CT molecular complexity index is 997. The van der Waals surface area contributed by atoms with E-state index in [9.17, 15) is 9.59 Å². The molecule has 1 N–H and O–H groups in total. The summed E-state index contributed by atoms with van der Waals surface area (Å²) in [5.41, 5.74) is 1.32. The summed E-state index contributed by atoms with van der Waals surface area (Å²) in [5, 5.41) is 2.99. The Morgan fingerprint density at radius 1 is 1.10 bits per heavy atom. The van der Waals surface area contributed by atoms with Crippen molar-refractivity contribution in [1.29, 1.82) is 0 Å². The van der Waals surface area contributed by atoms with Gasteiger partial charge in [-0.2, -0.15) is 0 Å². The van der Waals surface area contributed by atoms with E-state index < -0.39 is 8.32 Å². The number of unbranched alkanes of at least 4 members (excludes halogenated alkanes) is 1. The first-order chi connectivity index (χ1) is 19.9. The SMILES string of the molecule is CCCC(=O)OC1CC(C)C(CC=CCCCC(=O)NCC)C1C=CC(CCc1ccccc1)O[Si](C)(C)C(C)(C)C. The fourth-order valence-corrected chi connectivity index (χ4v) is 6.87. The van der Waals surface area contributed by atoms with Gasteiger partial charge in [-0.25, -0.2) is 0 Å². The van der Waals surface area contributed by atoms with Crippen LogP contribution >= 0.6 is 0 Å². The number of hydrogen-bond acceptors (Lipinski definition) is 4. The van der Waals surface area contributed by atoms with Crippen molar-refractivity contribution in [2.75, 3.05) is 6.54 Å². The molecule has 1 aliphatic rings. The van der Waals surface area contributed by atoms with E-state index >= 15 is 0 Å². The molecule has 0 saturated heterocycles. The number of allylic oxidation sites excluding steroid dienone is 2. The number of carbonyl (C=O) groups is 2. The molecule has 1 amide bonds. The summed E-state index contributed by atoms with van der Waals surface area (Å²) in [7, 11) is -1.99. The second kappa shape index (κ2) is 17.8. The van der Waals surface area contributed by atoms with E-state index in [1.807, 2.05) is 13.8 Å². The number of benzene rings is 1. The third kappa shape index (κ3) is 12.2. The number of hydrogen-bond donors (Lipinski definition) is 1. The Labute approximate surface area is 258 Å². The van der Waals surface area contributed by atoms with Gasteiger partial charge >= 0.3 is 5.97 Å². The monoisotopic (exact) mass is 597 g/mol. The average molecular weight is 598 g/mol. The van der Waals surface area contributed by atoms with Crippen LogP contribution in [0.1, 0.15) is 98.5 Å². The largest absolute Gasteiger partial charge is 0.462 e. The molecule has 1 fully saturated rings. The smallest absolute Gasteiger partial charge is 0.306 e. The Morgan fingerprint density at radius 2 is 1.81 bits per heavy atom. The lowest BCUT2D eigenvalue weighted by molar-refractivity contribution is -0.150. The molecule has 5 unspecified atom stereocenters. The quantitative estimate of drug-likeness (QED) is 0.0843. The lowest BCUT2D eigenvalue weighted by atomic mass is 9.86.